The number of nitrogens with one attached hydrogen (secondary N) is 1. The van der Waals surface area contributed by atoms with Crippen LogP contribution in [0.3, 0.4) is 0 Å². The van der Waals surface area contributed by atoms with E-state index in [0.717, 1.165) is 58.6 Å². The highest BCUT2D eigenvalue weighted by molar-refractivity contribution is 7.79. The average molecular weight is 664 g/mol. The smallest absolute Gasteiger partial charge is 0.346 e. The van der Waals surface area contributed by atoms with Gasteiger partial charge in [-0.15, -0.1) is 0 Å². The summed E-state index contributed by atoms with van der Waals surface area (Å²) in [6.07, 6.45) is 0.136. The third-order valence-corrected chi connectivity index (χ3v) is 7.07. The molecule has 0 bridgehead atoms. The van der Waals surface area contributed by atoms with E-state index in [0.29, 0.717) is 21.4 Å². The highest BCUT2D eigenvalue weighted by atomic mass is 35.5. The standard InChI is InChI=1S/C23H22Cl2N2O.C4H6F3NO.C2H6.CH5N.CH4S/c24-20-9-8-17(15-21(20)25)5-3-4-12-27-13-10-23(11-14-27)19-7-2-1-6-18(19)16-22(28)26-23;1-8(2)3(9)4(5,6)7;3*1-2/h1-2,6-9,15H,4,10-14,16H2,(H,26,28);1-2H3;1-2H3;2H2,1H3;2H,1H3. The highest BCUT2D eigenvalue weighted by Crippen LogP contribution is 2.37. The van der Waals surface area contributed by atoms with Crippen molar-refractivity contribution < 1.29 is 22.8 Å². The lowest BCUT2D eigenvalue weighted by Crippen LogP contribution is -2.56. The molecular formula is C31H43Cl2F3N4O2S. The molecule has 2 aromatic rings. The van der Waals surface area contributed by atoms with Gasteiger partial charge in [0.1, 0.15) is 0 Å². The number of hydrogen-bond acceptors (Lipinski definition) is 5. The molecule has 0 aliphatic carbocycles. The topological polar surface area (TPSA) is 78.7 Å². The van der Waals surface area contributed by atoms with Gasteiger partial charge in [0, 0.05) is 45.7 Å². The molecule has 0 unspecified atom stereocenters. The van der Waals surface area contributed by atoms with Crippen molar-refractivity contribution in [1.29, 1.82) is 0 Å². The zero-order valence-electron chi connectivity index (χ0n) is 25.6. The Hall–Kier alpha value is -2.42. The molecule has 4 rings (SSSR count). The molecule has 43 heavy (non-hydrogen) atoms. The number of amides is 2. The van der Waals surface area contributed by atoms with E-state index in [2.05, 4.69) is 58.6 Å². The van der Waals surface area contributed by atoms with Crippen LogP contribution in [-0.2, 0) is 21.5 Å². The molecule has 6 nitrogen and oxygen atoms in total. The number of nitrogens with two attached hydrogens (primary N) is 1. The third-order valence-electron chi connectivity index (χ3n) is 6.33. The minimum Gasteiger partial charge on any atom is -0.346 e. The fourth-order valence-electron chi connectivity index (χ4n) is 4.45. The summed E-state index contributed by atoms with van der Waals surface area (Å²) in [6.45, 7) is 6.85. The van der Waals surface area contributed by atoms with E-state index in [-0.39, 0.29) is 11.4 Å². The number of benzene rings is 2. The number of thiol groups is 1. The number of likely N-dealkylation sites (tertiary alicyclic amines) is 1. The molecule has 0 atom stereocenters. The molecule has 12 heteroatoms. The third kappa shape index (κ3) is 13.0. The summed E-state index contributed by atoms with van der Waals surface area (Å²) in [6, 6.07) is 13.8. The van der Waals surface area contributed by atoms with E-state index in [4.69, 9.17) is 23.2 Å². The van der Waals surface area contributed by atoms with Gasteiger partial charge >= 0.3 is 12.1 Å². The first-order valence-electron chi connectivity index (χ1n) is 13.8. The second-order valence-electron chi connectivity index (χ2n) is 9.18. The van der Waals surface area contributed by atoms with E-state index in [9.17, 15) is 22.8 Å². The number of carbonyl (C=O) groups excluding carboxylic acids is 2. The molecule has 0 saturated carbocycles. The number of fused-ring (bicyclic) bond motifs is 2. The summed E-state index contributed by atoms with van der Waals surface area (Å²) in [5, 5.41) is 4.37. The Balaban J connectivity index is 0.000000998. The zero-order chi connectivity index (χ0) is 33.2. The van der Waals surface area contributed by atoms with Gasteiger partial charge in [-0.05, 0) is 55.5 Å². The zero-order valence-corrected chi connectivity index (χ0v) is 28.0. The largest absolute Gasteiger partial charge is 0.471 e. The number of halogens is 5. The number of rotatable bonds is 2. The second-order valence-corrected chi connectivity index (χ2v) is 10.00. The van der Waals surface area contributed by atoms with Crippen LogP contribution in [0.25, 0.3) is 0 Å². The monoisotopic (exact) mass is 662 g/mol. The summed E-state index contributed by atoms with van der Waals surface area (Å²) >= 11 is 15.5. The summed E-state index contributed by atoms with van der Waals surface area (Å²) in [7, 11) is 3.60. The summed E-state index contributed by atoms with van der Waals surface area (Å²) < 4.78 is 33.9. The van der Waals surface area contributed by atoms with Crippen molar-refractivity contribution in [2.24, 2.45) is 5.73 Å². The predicted octanol–water partition coefficient (Wildman–Crippen LogP) is 6.18. The molecule has 2 aliphatic rings. The van der Waals surface area contributed by atoms with Gasteiger partial charge < -0.3 is 20.9 Å². The Labute approximate surface area is 269 Å². The van der Waals surface area contributed by atoms with Crippen LogP contribution in [0.5, 0.6) is 0 Å². The van der Waals surface area contributed by atoms with Crippen molar-refractivity contribution in [3.8, 4) is 11.8 Å². The van der Waals surface area contributed by atoms with E-state index >= 15 is 0 Å². The van der Waals surface area contributed by atoms with Crippen LogP contribution in [0.1, 0.15) is 49.8 Å². The van der Waals surface area contributed by atoms with E-state index < -0.39 is 12.1 Å². The molecule has 0 aromatic heterocycles. The first-order chi connectivity index (χ1) is 20.4. The van der Waals surface area contributed by atoms with Crippen molar-refractivity contribution in [2.45, 2.75) is 51.2 Å². The first-order valence-corrected chi connectivity index (χ1v) is 15.4. The van der Waals surface area contributed by atoms with Gasteiger partial charge in [0.2, 0.25) is 5.91 Å². The van der Waals surface area contributed by atoms with Crippen LogP contribution in [0.4, 0.5) is 13.2 Å². The molecule has 2 heterocycles. The molecule has 2 aromatic carbocycles. The van der Waals surface area contributed by atoms with Crippen LogP contribution < -0.4 is 11.1 Å². The van der Waals surface area contributed by atoms with Gasteiger partial charge in [-0.1, -0.05) is 73.2 Å². The van der Waals surface area contributed by atoms with E-state index in [1.807, 2.05) is 26.0 Å². The number of alkyl halides is 3. The summed E-state index contributed by atoms with van der Waals surface area (Å²) in [5.41, 5.74) is 7.66. The number of hydrogen-bond donors (Lipinski definition) is 3. The fraction of sp³-hybridized carbons (Fsp3) is 0.484. The molecule has 0 radical (unpaired) electrons. The Kier molecular flexibility index (Phi) is 19.4. The lowest BCUT2D eigenvalue weighted by molar-refractivity contribution is -0.182. The minimum absolute atomic E-state index is 0.139. The average Bonchev–Trinajstić information content (AvgIpc) is 3.00. The van der Waals surface area contributed by atoms with Crippen LogP contribution in [0, 0.1) is 11.8 Å². The fourth-order valence-corrected chi connectivity index (χ4v) is 4.75. The Morgan fingerprint density at radius 3 is 2.16 bits per heavy atom. The van der Waals surface area contributed by atoms with Gasteiger partial charge in [-0.2, -0.15) is 25.8 Å². The van der Waals surface area contributed by atoms with Crippen molar-refractivity contribution in [3.05, 3.63) is 69.2 Å². The summed E-state index contributed by atoms with van der Waals surface area (Å²) in [4.78, 5) is 25.1. The van der Waals surface area contributed by atoms with Gasteiger partial charge in [0.25, 0.3) is 0 Å². The molecule has 1 fully saturated rings. The van der Waals surface area contributed by atoms with Gasteiger partial charge in [0.15, 0.2) is 0 Å². The Morgan fingerprint density at radius 2 is 1.65 bits per heavy atom. The minimum atomic E-state index is -4.73. The van der Waals surface area contributed by atoms with Crippen molar-refractivity contribution in [1.82, 2.24) is 15.1 Å². The molecule has 240 valence electrons. The number of nitrogens with zero attached hydrogens (tertiary/aromatic N) is 2. The first kappa shape index (κ1) is 40.6. The molecule has 2 amide bonds. The Bertz CT molecular complexity index is 1210. The maximum atomic E-state index is 12.2. The Morgan fingerprint density at radius 1 is 1.07 bits per heavy atom. The van der Waals surface area contributed by atoms with Crippen LogP contribution in [-0.4, -0.2) is 74.8 Å². The lowest BCUT2D eigenvalue weighted by atomic mass is 9.75. The second kappa shape index (κ2) is 20.5. The van der Waals surface area contributed by atoms with Crippen LogP contribution in [0.2, 0.25) is 10.0 Å². The van der Waals surface area contributed by atoms with Crippen LogP contribution >= 0.6 is 35.8 Å². The van der Waals surface area contributed by atoms with Crippen LogP contribution in [0.15, 0.2) is 42.5 Å². The lowest BCUT2D eigenvalue weighted by Gasteiger charge is -2.45. The van der Waals surface area contributed by atoms with E-state index in [1.54, 1.807) is 18.4 Å². The van der Waals surface area contributed by atoms with Crippen molar-refractivity contribution in [3.63, 3.8) is 0 Å². The summed E-state index contributed by atoms with van der Waals surface area (Å²) in [5.74, 6) is 4.69. The SMILES string of the molecule is CC.CN.CN(C)C(=O)C(F)(F)F.CS.O=C1Cc2ccccc2C2(CCN(CCC#Cc3ccc(Cl)c(Cl)c3)CC2)N1. The molecule has 3 N–H and O–H groups in total. The maximum absolute atomic E-state index is 12.2. The van der Waals surface area contributed by atoms with Gasteiger partial charge in [-0.3, -0.25) is 9.59 Å². The number of carbonyl (C=O) groups is 2. The van der Waals surface area contributed by atoms with Gasteiger partial charge in [-0.25, -0.2) is 0 Å². The van der Waals surface area contributed by atoms with Crippen molar-refractivity contribution in [2.75, 3.05) is 47.0 Å². The quantitative estimate of drug-likeness (QED) is 0.265. The van der Waals surface area contributed by atoms with Gasteiger partial charge in [0.05, 0.1) is 22.0 Å². The van der Waals surface area contributed by atoms with Crippen molar-refractivity contribution >= 4 is 47.6 Å². The maximum Gasteiger partial charge on any atom is 0.471 e. The number of piperidine rings is 1. The molecule has 1 spiro atoms. The highest BCUT2D eigenvalue weighted by Gasteiger charge is 2.41. The molecule has 2 aliphatic heterocycles. The predicted molar refractivity (Wildman–Crippen MR) is 175 cm³/mol. The van der Waals surface area contributed by atoms with E-state index in [1.165, 1.54) is 18.2 Å². The normalized spacial score (nSPS) is 14.6. The molecular weight excluding hydrogens is 620 g/mol. The molecule has 1 saturated heterocycles.